The number of benzene rings is 3. The van der Waals surface area contributed by atoms with Crippen molar-refractivity contribution in [1.82, 2.24) is 4.90 Å². The van der Waals surface area contributed by atoms with Crippen molar-refractivity contribution in [2.45, 2.75) is 25.9 Å². The van der Waals surface area contributed by atoms with Crippen molar-refractivity contribution in [2.75, 3.05) is 19.7 Å². The molecule has 0 bridgehead atoms. The van der Waals surface area contributed by atoms with Gasteiger partial charge in [0.15, 0.2) is 0 Å². The molecule has 0 aliphatic heterocycles. The fourth-order valence-electron chi connectivity index (χ4n) is 4.34. The highest BCUT2D eigenvalue weighted by atomic mass is 16.6. The second-order valence-electron chi connectivity index (χ2n) is 8.53. The SMILES string of the molecule is CC(C)CN(CC(O)c1ccccc1)C(=O)OCC1c2ccccc2-c2ccccc21. The molecule has 1 amide bonds. The smallest absolute Gasteiger partial charge is 0.409 e. The first kappa shape index (κ1) is 21.1. The molecule has 0 aromatic heterocycles. The number of fused-ring (bicyclic) bond motifs is 3. The number of hydrogen-bond donors (Lipinski definition) is 1. The van der Waals surface area contributed by atoms with Crippen LogP contribution in [-0.2, 0) is 4.74 Å². The lowest BCUT2D eigenvalue weighted by Gasteiger charge is -2.27. The number of aliphatic hydroxyl groups is 1. The fraction of sp³-hybridized carbons (Fsp3) is 0.296. The van der Waals surface area contributed by atoms with Gasteiger partial charge in [0.1, 0.15) is 6.61 Å². The molecule has 1 atom stereocenters. The maximum Gasteiger partial charge on any atom is 0.409 e. The average Bonchev–Trinajstić information content (AvgIpc) is 3.11. The van der Waals surface area contributed by atoms with E-state index in [2.05, 4.69) is 38.1 Å². The van der Waals surface area contributed by atoms with Crippen molar-refractivity contribution >= 4 is 6.09 Å². The highest BCUT2D eigenvalue weighted by molar-refractivity contribution is 5.79. The number of nitrogens with zero attached hydrogens (tertiary/aromatic N) is 1. The molecule has 4 rings (SSSR count). The molecular weight excluding hydrogens is 386 g/mol. The number of carbonyl (C=O) groups excluding carboxylic acids is 1. The lowest BCUT2D eigenvalue weighted by Crippen LogP contribution is -2.38. The maximum atomic E-state index is 13.0. The molecule has 3 aromatic carbocycles. The highest BCUT2D eigenvalue weighted by Gasteiger charge is 2.30. The van der Waals surface area contributed by atoms with Gasteiger partial charge in [0.2, 0.25) is 0 Å². The first-order chi connectivity index (χ1) is 15.0. The summed E-state index contributed by atoms with van der Waals surface area (Å²) in [5.41, 5.74) is 5.59. The molecule has 3 aromatic rings. The van der Waals surface area contributed by atoms with Gasteiger partial charge >= 0.3 is 6.09 Å². The van der Waals surface area contributed by atoms with Crippen LogP contribution in [0.15, 0.2) is 78.9 Å². The minimum atomic E-state index is -0.750. The lowest BCUT2D eigenvalue weighted by atomic mass is 9.98. The summed E-state index contributed by atoms with van der Waals surface area (Å²) in [5, 5.41) is 10.6. The second-order valence-corrected chi connectivity index (χ2v) is 8.53. The molecule has 1 unspecified atom stereocenters. The van der Waals surface area contributed by atoms with Crippen LogP contribution in [0.1, 0.15) is 42.6 Å². The Labute approximate surface area is 184 Å². The molecule has 0 fully saturated rings. The van der Waals surface area contributed by atoms with Gasteiger partial charge in [-0.3, -0.25) is 0 Å². The summed E-state index contributed by atoms with van der Waals surface area (Å²) < 4.78 is 5.82. The van der Waals surface area contributed by atoms with Crippen LogP contribution in [-0.4, -0.2) is 35.8 Å². The van der Waals surface area contributed by atoms with E-state index in [1.54, 1.807) is 4.90 Å². The second kappa shape index (κ2) is 9.36. The van der Waals surface area contributed by atoms with Crippen LogP contribution >= 0.6 is 0 Å². The van der Waals surface area contributed by atoms with E-state index < -0.39 is 6.10 Å². The van der Waals surface area contributed by atoms with E-state index in [1.165, 1.54) is 22.3 Å². The van der Waals surface area contributed by atoms with Gasteiger partial charge in [-0.1, -0.05) is 92.7 Å². The first-order valence-corrected chi connectivity index (χ1v) is 10.9. The average molecular weight is 416 g/mol. The summed E-state index contributed by atoms with van der Waals surface area (Å²) in [7, 11) is 0. The van der Waals surface area contributed by atoms with Gasteiger partial charge in [0.05, 0.1) is 12.6 Å². The van der Waals surface area contributed by atoms with Gasteiger partial charge in [0, 0.05) is 12.5 Å². The van der Waals surface area contributed by atoms with E-state index in [9.17, 15) is 9.90 Å². The number of rotatable bonds is 7. The molecule has 4 heteroatoms. The molecule has 1 N–H and O–H groups in total. The van der Waals surface area contributed by atoms with E-state index in [0.29, 0.717) is 6.54 Å². The minimum Gasteiger partial charge on any atom is -0.448 e. The Morgan fingerprint density at radius 1 is 0.871 bits per heavy atom. The topological polar surface area (TPSA) is 49.8 Å². The largest absolute Gasteiger partial charge is 0.448 e. The summed E-state index contributed by atoms with van der Waals surface area (Å²) in [4.78, 5) is 14.6. The van der Waals surface area contributed by atoms with Crippen LogP contribution in [0.2, 0.25) is 0 Å². The van der Waals surface area contributed by atoms with Gasteiger partial charge in [0.25, 0.3) is 0 Å². The van der Waals surface area contributed by atoms with Gasteiger partial charge in [-0.2, -0.15) is 0 Å². The zero-order chi connectivity index (χ0) is 21.8. The van der Waals surface area contributed by atoms with Crippen molar-refractivity contribution in [3.8, 4) is 11.1 Å². The monoisotopic (exact) mass is 415 g/mol. The predicted octanol–water partition coefficient (Wildman–Crippen LogP) is 5.63. The molecule has 0 spiro atoms. The molecule has 160 valence electrons. The first-order valence-electron chi connectivity index (χ1n) is 10.9. The van der Waals surface area contributed by atoms with Crippen molar-refractivity contribution < 1.29 is 14.6 Å². The summed E-state index contributed by atoms with van der Waals surface area (Å²) >= 11 is 0. The van der Waals surface area contributed by atoms with E-state index >= 15 is 0 Å². The molecule has 0 saturated carbocycles. The molecule has 0 radical (unpaired) electrons. The Bertz CT molecular complexity index is 986. The molecule has 0 heterocycles. The Hall–Kier alpha value is -3.11. The number of aliphatic hydroxyl groups excluding tert-OH is 1. The minimum absolute atomic E-state index is 0.0243. The third-order valence-corrected chi connectivity index (χ3v) is 5.76. The molecule has 4 nitrogen and oxygen atoms in total. The van der Waals surface area contributed by atoms with Crippen molar-refractivity contribution in [3.63, 3.8) is 0 Å². The maximum absolute atomic E-state index is 13.0. The van der Waals surface area contributed by atoms with Crippen molar-refractivity contribution in [3.05, 3.63) is 95.6 Å². The fourth-order valence-corrected chi connectivity index (χ4v) is 4.34. The number of amides is 1. The Morgan fingerprint density at radius 3 is 2.00 bits per heavy atom. The van der Waals surface area contributed by atoms with Gasteiger partial charge < -0.3 is 14.7 Å². The molecule has 1 aliphatic carbocycles. The summed E-state index contributed by atoms with van der Waals surface area (Å²) in [6, 6.07) is 26.0. The van der Waals surface area contributed by atoms with Crippen molar-refractivity contribution in [2.24, 2.45) is 5.92 Å². The number of hydrogen-bond acceptors (Lipinski definition) is 3. The summed E-state index contributed by atoms with van der Waals surface area (Å²) in [5.74, 6) is 0.291. The molecule has 1 aliphatic rings. The van der Waals surface area contributed by atoms with Gasteiger partial charge in [-0.25, -0.2) is 4.79 Å². The van der Waals surface area contributed by atoms with Gasteiger partial charge in [-0.05, 0) is 33.7 Å². The van der Waals surface area contributed by atoms with Gasteiger partial charge in [-0.15, -0.1) is 0 Å². The zero-order valence-electron chi connectivity index (χ0n) is 18.1. The van der Waals surface area contributed by atoms with Crippen LogP contribution in [0.4, 0.5) is 4.79 Å². The third-order valence-electron chi connectivity index (χ3n) is 5.76. The molecular formula is C27H29NO3. The lowest BCUT2D eigenvalue weighted by molar-refractivity contribution is 0.0667. The predicted molar refractivity (Wildman–Crippen MR) is 123 cm³/mol. The Balaban J connectivity index is 1.48. The normalized spacial score (nSPS) is 13.5. The standard InChI is InChI=1S/C27H29NO3/c1-19(2)16-28(17-26(29)20-10-4-3-5-11-20)27(30)31-18-25-23-14-8-6-12-21(23)22-13-7-9-15-24(22)25/h3-15,19,25-26,29H,16-18H2,1-2H3. The third kappa shape index (κ3) is 4.64. The molecule has 31 heavy (non-hydrogen) atoms. The quantitative estimate of drug-likeness (QED) is 0.544. The van der Waals surface area contributed by atoms with E-state index in [4.69, 9.17) is 4.74 Å². The van der Waals surface area contributed by atoms with E-state index in [1.807, 2.05) is 54.6 Å². The Morgan fingerprint density at radius 2 is 1.42 bits per heavy atom. The van der Waals surface area contributed by atoms with Crippen LogP contribution in [0.25, 0.3) is 11.1 Å². The van der Waals surface area contributed by atoms with E-state index in [0.717, 1.165) is 5.56 Å². The van der Waals surface area contributed by atoms with Crippen LogP contribution < -0.4 is 0 Å². The van der Waals surface area contributed by atoms with Crippen molar-refractivity contribution in [1.29, 1.82) is 0 Å². The highest BCUT2D eigenvalue weighted by Crippen LogP contribution is 2.44. The summed E-state index contributed by atoms with van der Waals surface area (Å²) in [6.45, 7) is 5.12. The molecule has 0 saturated heterocycles. The van der Waals surface area contributed by atoms with Crippen LogP contribution in [0.5, 0.6) is 0 Å². The zero-order valence-corrected chi connectivity index (χ0v) is 18.1. The Kier molecular flexibility index (Phi) is 6.38. The van der Waals surface area contributed by atoms with E-state index in [-0.39, 0.29) is 31.1 Å². The summed E-state index contributed by atoms with van der Waals surface area (Å²) in [6.07, 6.45) is -1.13. The van der Waals surface area contributed by atoms with Crippen LogP contribution in [0, 0.1) is 5.92 Å². The van der Waals surface area contributed by atoms with Crippen LogP contribution in [0.3, 0.4) is 0 Å². The number of carbonyl (C=O) groups is 1. The number of ether oxygens (including phenoxy) is 1.